The molecule has 0 bridgehead atoms. The fraction of sp³-hybridized carbons (Fsp3) is 0.273. The van der Waals surface area contributed by atoms with Gasteiger partial charge >= 0.3 is 0 Å². The lowest BCUT2D eigenvalue weighted by Crippen LogP contribution is -1.99. The smallest absolute Gasteiger partial charge is 0.00556 e. The van der Waals surface area contributed by atoms with Crippen LogP contribution in [-0.2, 0) is 0 Å². The minimum absolute atomic E-state index is 0.979. The summed E-state index contributed by atoms with van der Waals surface area (Å²) in [5.74, 6) is 0. The zero-order chi connectivity index (χ0) is 10.3. The van der Waals surface area contributed by atoms with Gasteiger partial charge in [0.05, 0.1) is 0 Å². The topological polar surface area (TPSA) is 3.24 Å². The fourth-order valence-electron chi connectivity index (χ4n) is 0.633. The molecule has 2 heteroatoms. The highest BCUT2D eigenvalue weighted by molar-refractivity contribution is 8.06. The lowest BCUT2D eigenvalue weighted by atomic mass is 10.5. The molecule has 72 valence electrons. The molecule has 0 spiro atoms. The quantitative estimate of drug-likeness (QED) is 0.619. The molecule has 0 N–H and O–H groups in total. The van der Waals surface area contributed by atoms with Crippen LogP contribution in [0, 0.1) is 0 Å². The van der Waals surface area contributed by atoms with Crippen LogP contribution in [0.25, 0.3) is 0 Å². The molecule has 0 aromatic carbocycles. The molecular formula is C11H17NS. The van der Waals surface area contributed by atoms with Crippen molar-refractivity contribution in [2.24, 2.45) is 0 Å². The Balaban J connectivity index is 4.02. The van der Waals surface area contributed by atoms with Gasteiger partial charge in [-0.3, -0.25) is 0 Å². The van der Waals surface area contributed by atoms with Crippen LogP contribution in [0.5, 0.6) is 0 Å². The summed E-state index contributed by atoms with van der Waals surface area (Å²) in [5.41, 5.74) is 0. The molecule has 0 aliphatic carbocycles. The third-order valence-electron chi connectivity index (χ3n) is 1.23. The Kier molecular flexibility index (Phi) is 6.15. The van der Waals surface area contributed by atoms with Gasteiger partial charge in [-0.15, -0.1) is 0 Å². The van der Waals surface area contributed by atoms with Gasteiger partial charge < -0.3 is 4.90 Å². The first-order valence-electron chi connectivity index (χ1n) is 4.07. The van der Waals surface area contributed by atoms with E-state index in [0.717, 1.165) is 4.91 Å². The van der Waals surface area contributed by atoms with Gasteiger partial charge in [-0.2, -0.15) is 0 Å². The van der Waals surface area contributed by atoms with Crippen molar-refractivity contribution in [2.75, 3.05) is 14.1 Å². The molecule has 1 nitrogen and oxygen atoms in total. The molecule has 0 unspecified atom stereocenters. The van der Waals surface area contributed by atoms with Crippen molar-refractivity contribution >= 4 is 11.8 Å². The van der Waals surface area contributed by atoms with Crippen LogP contribution >= 0.6 is 11.8 Å². The van der Waals surface area contributed by atoms with Gasteiger partial charge in [0.1, 0.15) is 0 Å². The normalized spacial score (nSPS) is 11.8. The number of hydrogen-bond acceptors (Lipinski definition) is 2. The van der Waals surface area contributed by atoms with Crippen LogP contribution in [0.4, 0.5) is 0 Å². The third-order valence-corrected chi connectivity index (χ3v) is 2.12. The summed E-state index contributed by atoms with van der Waals surface area (Å²) in [6, 6.07) is 0. The van der Waals surface area contributed by atoms with Crippen molar-refractivity contribution in [1.29, 1.82) is 0 Å². The van der Waals surface area contributed by atoms with Crippen molar-refractivity contribution in [3.05, 3.63) is 47.4 Å². The highest BCUT2D eigenvalue weighted by Crippen LogP contribution is 2.23. The number of thioether (sulfide) groups is 1. The molecule has 0 aromatic rings. The first-order valence-corrected chi connectivity index (χ1v) is 4.88. The molecule has 0 saturated carbocycles. The molecule has 0 rings (SSSR count). The van der Waals surface area contributed by atoms with Gasteiger partial charge in [0.2, 0.25) is 0 Å². The van der Waals surface area contributed by atoms with Crippen LogP contribution in [0.3, 0.4) is 0 Å². The molecule has 13 heavy (non-hydrogen) atoms. The summed E-state index contributed by atoms with van der Waals surface area (Å²) in [6.45, 7) is 9.53. The van der Waals surface area contributed by atoms with E-state index in [2.05, 4.69) is 26.2 Å². The van der Waals surface area contributed by atoms with E-state index in [9.17, 15) is 0 Å². The highest BCUT2D eigenvalue weighted by atomic mass is 32.2. The second kappa shape index (κ2) is 6.61. The zero-order valence-corrected chi connectivity index (χ0v) is 9.40. The Morgan fingerprint density at radius 1 is 1.38 bits per heavy atom. The predicted octanol–water partition coefficient (Wildman–Crippen LogP) is 3.40. The maximum absolute atomic E-state index is 3.83. The number of hydrogen-bond donors (Lipinski definition) is 0. The summed E-state index contributed by atoms with van der Waals surface area (Å²) >= 11 is 1.63. The summed E-state index contributed by atoms with van der Waals surface area (Å²) < 4.78 is 0. The summed E-state index contributed by atoms with van der Waals surface area (Å²) in [7, 11) is 3.99. The van der Waals surface area contributed by atoms with E-state index in [-0.39, 0.29) is 0 Å². The lowest BCUT2D eigenvalue weighted by molar-refractivity contribution is 0.564. The van der Waals surface area contributed by atoms with E-state index in [4.69, 9.17) is 0 Å². The molecule has 0 saturated heterocycles. The maximum Gasteiger partial charge on any atom is 0.00556 e. The van der Waals surface area contributed by atoms with Gasteiger partial charge in [0.25, 0.3) is 0 Å². The highest BCUT2D eigenvalue weighted by Gasteiger charge is 1.89. The van der Waals surface area contributed by atoms with Crippen molar-refractivity contribution in [3.8, 4) is 0 Å². The van der Waals surface area contributed by atoms with E-state index in [0.29, 0.717) is 0 Å². The summed E-state index contributed by atoms with van der Waals surface area (Å²) in [6.07, 6.45) is 7.83. The number of nitrogens with zero attached hydrogens (tertiary/aromatic N) is 1. The Bertz CT molecular complexity index is 236. The second-order valence-electron chi connectivity index (χ2n) is 2.85. The number of allylic oxidation sites excluding steroid dienone is 4. The van der Waals surface area contributed by atoms with E-state index in [1.807, 2.05) is 31.3 Å². The first-order chi connectivity index (χ1) is 6.06. The molecule has 0 radical (unpaired) electrons. The molecule has 0 fully saturated rings. The second-order valence-corrected chi connectivity index (χ2v) is 4.23. The van der Waals surface area contributed by atoms with Crippen molar-refractivity contribution < 1.29 is 0 Å². The molecule has 0 heterocycles. The molecule has 0 amide bonds. The molecular weight excluding hydrogens is 178 g/mol. The van der Waals surface area contributed by atoms with E-state index in [1.54, 1.807) is 17.8 Å². The molecule has 0 atom stereocenters. The summed E-state index contributed by atoms with van der Waals surface area (Å²) in [5, 5.41) is 0. The SMILES string of the molecule is C=CC(=C)S/C(C)=C/C=C\N(C)C. The Labute approximate surface area is 85.5 Å². The van der Waals surface area contributed by atoms with Crippen LogP contribution in [-0.4, -0.2) is 19.0 Å². The maximum atomic E-state index is 3.83. The van der Waals surface area contributed by atoms with Crippen molar-refractivity contribution in [2.45, 2.75) is 6.92 Å². The Morgan fingerprint density at radius 3 is 2.46 bits per heavy atom. The van der Waals surface area contributed by atoms with E-state index >= 15 is 0 Å². The predicted molar refractivity (Wildman–Crippen MR) is 63.5 cm³/mol. The molecule has 0 aliphatic rings. The van der Waals surface area contributed by atoms with Crippen LogP contribution in [0.15, 0.2) is 47.4 Å². The van der Waals surface area contributed by atoms with Gasteiger partial charge in [0.15, 0.2) is 0 Å². The zero-order valence-electron chi connectivity index (χ0n) is 8.58. The molecule has 0 aliphatic heterocycles. The van der Waals surface area contributed by atoms with Gasteiger partial charge in [0, 0.05) is 19.0 Å². The average molecular weight is 195 g/mol. The third kappa shape index (κ3) is 7.47. The molecule has 0 aromatic heterocycles. The largest absolute Gasteiger partial charge is 0.383 e. The monoisotopic (exact) mass is 195 g/mol. The lowest BCUT2D eigenvalue weighted by Gasteiger charge is -2.02. The minimum Gasteiger partial charge on any atom is -0.383 e. The van der Waals surface area contributed by atoms with Gasteiger partial charge in [-0.1, -0.05) is 37.1 Å². The van der Waals surface area contributed by atoms with Crippen molar-refractivity contribution in [3.63, 3.8) is 0 Å². The average Bonchev–Trinajstić information content (AvgIpc) is 2.03. The van der Waals surface area contributed by atoms with E-state index in [1.165, 1.54) is 4.91 Å². The fourth-order valence-corrected chi connectivity index (χ4v) is 1.28. The van der Waals surface area contributed by atoms with Gasteiger partial charge in [-0.05, 0) is 24.1 Å². The minimum atomic E-state index is 0.979. The van der Waals surface area contributed by atoms with E-state index < -0.39 is 0 Å². The van der Waals surface area contributed by atoms with Crippen LogP contribution in [0.2, 0.25) is 0 Å². The standard InChI is InChI=1S/C11H17NS/c1-6-10(2)13-11(3)8-7-9-12(4)5/h6-9H,1-2H2,3-5H3/b9-7-,11-8+. The van der Waals surface area contributed by atoms with Gasteiger partial charge in [-0.25, -0.2) is 0 Å². The van der Waals surface area contributed by atoms with Crippen molar-refractivity contribution in [1.82, 2.24) is 4.90 Å². The summed E-state index contributed by atoms with van der Waals surface area (Å²) in [4.78, 5) is 4.19. The van der Waals surface area contributed by atoms with Crippen LogP contribution < -0.4 is 0 Å². The van der Waals surface area contributed by atoms with Crippen LogP contribution in [0.1, 0.15) is 6.92 Å². The Hall–Kier alpha value is -0.890. The number of rotatable bonds is 5. The Morgan fingerprint density at radius 2 is 2.00 bits per heavy atom. The first kappa shape index (κ1) is 12.1.